The molecule has 1 fully saturated rings. The Morgan fingerprint density at radius 1 is 0.395 bits per heavy atom. The topological polar surface area (TPSA) is 13.0 Å². The number of allylic oxidation sites excluding steroid dienone is 4. The Kier molecular flexibility index (Phi) is 9.86. The van der Waals surface area contributed by atoms with Crippen LogP contribution >= 0.6 is 0 Å². The first-order valence-electron chi connectivity index (χ1n) is 14.2. The SMILES string of the molecule is C1=CC=CC=1CN1CCCN(CC2=C=CC=C2)CCN(CC2=C=CC=C2)CCCN(CC2=C=CC=C2)CC1. The van der Waals surface area contributed by atoms with Gasteiger partial charge in [0.1, 0.15) is 0 Å². The van der Waals surface area contributed by atoms with Crippen molar-refractivity contribution in [2.24, 2.45) is 0 Å². The van der Waals surface area contributed by atoms with Crippen molar-refractivity contribution in [2.75, 3.05) is 78.5 Å². The molecule has 1 saturated heterocycles. The lowest BCUT2D eigenvalue weighted by Crippen LogP contribution is -2.42. The van der Waals surface area contributed by atoms with Crippen LogP contribution in [0.25, 0.3) is 0 Å². The summed E-state index contributed by atoms with van der Waals surface area (Å²) in [6, 6.07) is 0. The zero-order chi connectivity index (χ0) is 25.8. The third kappa shape index (κ3) is 8.45. The molecule has 196 valence electrons. The molecule has 0 N–H and O–H groups in total. The van der Waals surface area contributed by atoms with Gasteiger partial charge in [-0.05, 0) is 87.6 Å². The fourth-order valence-electron chi connectivity index (χ4n) is 5.51. The zero-order valence-electron chi connectivity index (χ0n) is 22.6. The van der Waals surface area contributed by atoms with E-state index in [4.69, 9.17) is 0 Å². The maximum absolute atomic E-state index is 3.42. The van der Waals surface area contributed by atoms with Crippen LogP contribution in [0.5, 0.6) is 0 Å². The van der Waals surface area contributed by atoms with Crippen LogP contribution in [0.15, 0.2) is 118 Å². The highest BCUT2D eigenvalue weighted by atomic mass is 15.2. The fourth-order valence-corrected chi connectivity index (χ4v) is 5.51. The minimum Gasteiger partial charge on any atom is -0.297 e. The highest BCUT2D eigenvalue weighted by molar-refractivity contribution is 5.32. The van der Waals surface area contributed by atoms with Crippen LogP contribution in [-0.2, 0) is 0 Å². The van der Waals surface area contributed by atoms with E-state index in [9.17, 15) is 0 Å². The molecule has 1 heterocycles. The van der Waals surface area contributed by atoms with E-state index >= 15 is 0 Å². The summed E-state index contributed by atoms with van der Waals surface area (Å²) < 4.78 is 0. The minimum absolute atomic E-state index is 0.976. The summed E-state index contributed by atoms with van der Waals surface area (Å²) in [5.74, 6) is 0. The van der Waals surface area contributed by atoms with E-state index in [-0.39, 0.29) is 0 Å². The Morgan fingerprint density at radius 2 is 0.658 bits per heavy atom. The van der Waals surface area contributed by atoms with Gasteiger partial charge in [0.15, 0.2) is 0 Å². The first kappa shape index (κ1) is 26.5. The maximum Gasteiger partial charge on any atom is 0.0307 e. The standard InChI is InChI=1S/C34H40N4/c1-2-12-31(11-1)27-35-19-9-20-37(29-33-15-5-6-16-33)25-26-38(30-34-17-7-8-18-34)22-10-21-36(24-23-35)28-32-13-3-4-14-32/h1-8,11,13,15,17H,9-10,19-30H2. The van der Waals surface area contributed by atoms with Gasteiger partial charge in [-0.25, -0.2) is 0 Å². The van der Waals surface area contributed by atoms with Crippen molar-refractivity contribution >= 4 is 0 Å². The van der Waals surface area contributed by atoms with Crippen LogP contribution in [0.4, 0.5) is 0 Å². The molecule has 0 bridgehead atoms. The smallest absolute Gasteiger partial charge is 0.0307 e. The third-order valence-electron chi connectivity index (χ3n) is 7.59. The Labute approximate surface area is 229 Å². The third-order valence-corrected chi connectivity index (χ3v) is 7.59. The van der Waals surface area contributed by atoms with Crippen LogP contribution in [0.2, 0.25) is 0 Å². The molecule has 0 atom stereocenters. The van der Waals surface area contributed by atoms with Crippen LogP contribution in [-0.4, -0.2) is 98.1 Å². The number of hydrogen-bond donors (Lipinski definition) is 0. The summed E-state index contributed by atoms with van der Waals surface area (Å²) in [4.78, 5) is 10.5. The van der Waals surface area contributed by atoms with Gasteiger partial charge >= 0.3 is 0 Å². The van der Waals surface area contributed by atoms with Crippen molar-refractivity contribution in [1.29, 1.82) is 0 Å². The average Bonchev–Trinajstić information content (AvgIpc) is 3.74. The lowest BCUT2D eigenvalue weighted by atomic mass is 10.2. The first-order chi connectivity index (χ1) is 18.8. The molecular weight excluding hydrogens is 464 g/mol. The van der Waals surface area contributed by atoms with Gasteiger partial charge in [-0.3, -0.25) is 19.6 Å². The summed E-state index contributed by atoms with van der Waals surface area (Å²) in [6.45, 7) is 12.6. The number of nitrogens with zero attached hydrogens (tertiary/aromatic N) is 4. The molecule has 0 spiro atoms. The lowest BCUT2D eigenvalue weighted by Gasteiger charge is -2.32. The van der Waals surface area contributed by atoms with Crippen LogP contribution in [0, 0.1) is 0 Å². The molecule has 0 unspecified atom stereocenters. The van der Waals surface area contributed by atoms with Gasteiger partial charge in [0, 0.05) is 74.7 Å². The van der Waals surface area contributed by atoms with Gasteiger partial charge in [-0.2, -0.15) is 0 Å². The lowest BCUT2D eigenvalue weighted by molar-refractivity contribution is 0.176. The van der Waals surface area contributed by atoms with E-state index in [0.717, 1.165) is 91.4 Å². The zero-order valence-corrected chi connectivity index (χ0v) is 22.6. The van der Waals surface area contributed by atoms with Crippen molar-refractivity contribution < 1.29 is 0 Å². The Morgan fingerprint density at radius 3 is 0.868 bits per heavy atom. The largest absolute Gasteiger partial charge is 0.297 e. The molecule has 0 aromatic rings. The molecular formula is C34H40N4. The van der Waals surface area contributed by atoms with Gasteiger partial charge in [-0.15, -0.1) is 22.9 Å². The van der Waals surface area contributed by atoms with Gasteiger partial charge in [-0.1, -0.05) is 24.3 Å². The minimum atomic E-state index is 0.976. The molecule has 0 aromatic carbocycles. The summed E-state index contributed by atoms with van der Waals surface area (Å²) in [5.41, 5.74) is 18.8. The van der Waals surface area contributed by atoms with Crippen LogP contribution in [0.3, 0.4) is 0 Å². The number of rotatable bonds is 8. The van der Waals surface area contributed by atoms with Crippen LogP contribution < -0.4 is 0 Å². The van der Waals surface area contributed by atoms with Crippen molar-refractivity contribution in [3.63, 3.8) is 0 Å². The van der Waals surface area contributed by atoms with E-state index in [1.807, 2.05) is 24.3 Å². The van der Waals surface area contributed by atoms with E-state index in [1.165, 1.54) is 22.3 Å². The summed E-state index contributed by atoms with van der Waals surface area (Å²) in [7, 11) is 0. The highest BCUT2D eigenvalue weighted by Crippen LogP contribution is 2.13. The predicted molar refractivity (Wildman–Crippen MR) is 158 cm³/mol. The molecule has 4 aliphatic carbocycles. The van der Waals surface area contributed by atoms with E-state index in [2.05, 4.69) is 91.1 Å². The second kappa shape index (κ2) is 14.1. The van der Waals surface area contributed by atoms with Crippen molar-refractivity contribution in [3.8, 4) is 0 Å². The molecule has 4 heteroatoms. The molecule has 5 rings (SSSR count). The van der Waals surface area contributed by atoms with Gasteiger partial charge in [0.05, 0.1) is 0 Å². The number of hydrogen-bond acceptors (Lipinski definition) is 4. The predicted octanol–water partition coefficient (Wildman–Crippen LogP) is 4.59. The Hall–Kier alpha value is -3.12. The second-order valence-electron chi connectivity index (χ2n) is 10.6. The molecule has 0 radical (unpaired) electrons. The fraction of sp³-hybridized carbons (Fsp3) is 0.412. The second-order valence-corrected chi connectivity index (χ2v) is 10.6. The summed E-state index contributed by atoms with van der Waals surface area (Å²) in [6.07, 6.45) is 27.7. The van der Waals surface area contributed by atoms with Crippen molar-refractivity contribution in [2.45, 2.75) is 12.8 Å². The van der Waals surface area contributed by atoms with E-state index < -0.39 is 0 Å². The van der Waals surface area contributed by atoms with E-state index in [0.29, 0.717) is 0 Å². The van der Waals surface area contributed by atoms with E-state index in [1.54, 1.807) is 0 Å². The van der Waals surface area contributed by atoms with Crippen molar-refractivity contribution in [1.82, 2.24) is 19.6 Å². The molecule has 38 heavy (non-hydrogen) atoms. The van der Waals surface area contributed by atoms with Gasteiger partial charge < -0.3 is 0 Å². The summed E-state index contributed by atoms with van der Waals surface area (Å²) >= 11 is 0. The quantitative estimate of drug-likeness (QED) is 0.448. The molecule has 0 saturated carbocycles. The van der Waals surface area contributed by atoms with Crippen molar-refractivity contribution in [3.05, 3.63) is 118 Å². The molecule has 0 aromatic heterocycles. The average molecular weight is 505 g/mol. The molecule has 0 amide bonds. The Bertz CT molecular complexity index is 1050. The first-order valence-corrected chi connectivity index (χ1v) is 14.2. The maximum atomic E-state index is 3.42. The molecule has 5 aliphatic rings. The molecule has 1 aliphatic heterocycles. The van der Waals surface area contributed by atoms with Gasteiger partial charge in [0.25, 0.3) is 0 Å². The Balaban J connectivity index is 1.28. The molecule has 4 nitrogen and oxygen atoms in total. The normalized spacial score (nSPS) is 22.9. The highest BCUT2D eigenvalue weighted by Gasteiger charge is 2.17. The monoisotopic (exact) mass is 504 g/mol. The summed E-state index contributed by atoms with van der Waals surface area (Å²) in [5, 5.41) is 0. The van der Waals surface area contributed by atoms with Crippen LogP contribution in [0.1, 0.15) is 12.8 Å². The van der Waals surface area contributed by atoms with Gasteiger partial charge in [0.2, 0.25) is 0 Å².